The molecule has 11 nitrogen and oxygen atoms in total. The van der Waals surface area contributed by atoms with E-state index in [0.29, 0.717) is 0 Å². The average molecular weight is 404 g/mol. The molecule has 3 aliphatic rings. The number of fused-ring (bicyclic) bond motifs is 1. The van der Waals surface area contributed by atoms with E-state index in [1.54, 1.807) is 0 Å². The Balaban J connectivity index is 1.85. The number of hydrogen-bond acceptors (Lipinski definition) is 11. The van der Waals surface area contributed by atoms with Gasteiger partial charge in [0.2, 0.25) is 6.29 Å². The van der Waals surface area contributed by atoms with Crippen LogP contribution in [0.2, 0.25) is 0 Å². The highest BCUT2D eigenvalue weighted by atomic mass is 16.8. The van der Waals surface area contributed by atoms with Crippen LogP contribution in [0.25, 0.3) is 0 Å². The first-order chi connectivity index (χ1) is 13.3. The third-order valence-electron chi connectivity index (χ3n) is 5.33. The minimum absolute atomic E-state index is 0.0989. The Morgan fingerprint density at radius 3 is 2.50 bits per heavy atom. The Morgan fingerprint density at radius 1 is 1.18 bits per heavy atom. The Labute approximate surface area is 160 Å². The molecule has 0 aromatic carbocycles. The molecule has 2 heterocycles. The summed E-state index contributed by atoms with van der Waals surface area (Å²) in [5.41, 5.74) is -1.70. The number of allylic oxidation sites excluding steroid dienone is 1. The molecule has 0 aromatic rings. The van der Waals surface area contributed by atoms with Crippen LogP contribution < -0.4 is 0 Å². The number of aliphatic hydroxyl groups excluding tert-OH is 5. The lowest BCUT2D eigenvalue weighted by Crippen LogP contribution is -2.61. The van der Waals surface area contributed by atoms with Crippen LogP contribution in [0.15, 0.2) is 24.0 Å². The summed E-state index contributed by atoms with van der Waals surface area (Å²) in [6.45, 7) is -1.34. The van der Waals surface area contributed by atoms with Gasteiger partial charge in [0.1, 0.15) is 30.0 Å². The summed E-state index contributed by atoms with van der Waals surface area (Å²) >= 11 is 0. The summed E-state index contributed by atoms with van der Waals surface area (Å²) in [6, 6.07) is 0. The zero-order valence-electron chi connectivity index (χ0n) is 15.0. The molecular weight excluding hydrogens is 380 g/mol. The smallest absolute Gasteiger partial charge is 0.337 e. The topological polar surface area (TPSA) is 175 Å². The van der Waals surface area contributed by atoms with Gasteiger partial charge in [-0.2, -0.15) is 0 Å². The second-order valence-electron chi connectivity index (χ2n) is 6.96. The van der Waals surface area contributed by atoms with Crippen molar-refractivity contribution in [1.29, 1.82) is 0 Å². The number of methoxy groups -OCH3 is 1. The van der Waals surface area contributed by atoms with Crippen molar-refractivity contribution in [2.75, 3.05) is 20.3 Å². The molecule has 2 unspecified atom stereocenters. The summed E-state index contributed by atoms with van der Waals surface area (Å²) < 4.78 is 21.0. The van der Waals surface area contributed by atoms with Crippen molar-refractivity contribution in [2.24, 2.45) is 11.8 Å². The van der Waals surface area contributed by atoms with E-state index in [0.717, 1.165) is 6.26 Å². The molecule has 11 heteroatoms. The summed E-state index contributed by atoms with van der Waals surface area (Å²) in [7, 11) is 1.19. The molecule has 1 fully saturated rings. The molecule has 28 heavy (non-hydrogen) atoms. The standard InChI is InChI=1S/C17H24O11/c1-25-14(23)8-5-26-15(10-7(8)2-3-17(10,24)6-19)28-16-13(22)12(21)11(20)9(4-18)27-16/h2-3,5,7,9-13,15-16,18-22,24H,4,6H2,1H3/t7?,9-,10?,11-,12+,13-,15+,16+,17-/m1/s1. The van der Waals surface area contributed by atoms with Crippen LogP contribution in [-0.4, -0.2) is 99.5 Å². The first-order valence-electron chi connectivity index (χ1n) is 8.69. The Kier molecular flexibility index (Phi) is 6.08. The van der Waals surface area contributed by atoms with Crippen molar-refractivity contribution in [3.8, 4) is 0 Å². The molecule has 0 saturated carbocycles. The van der Waals surface area contributed by atoms with Gasteiger partial charge in [0, 0.05) is 5.92 Å². The average Bonchev–Trinajstić information content (AvgIpc) is 3.06. The number of ether oxygens (including phenoxy) is 4. The molecule has 0 bridgehead atoms. The molecule has 0 amide bonds. The lowest BCUT2D eigenvalue weighted by molar-refractivity contribution is -0.346. The molecule has 6 N–H and O–H groups in total. The van der Waals surface area contributed by atoms with Crippen LogP contribution in [0.5, 0.6) is 0 Å². The molecule has 0 spiro atoms. The Hall–Kier alpha value is -1.57. The minimum Gasteiger partial charge on any atom is -0.471 e. The van der Waals surface area contributed by atoms with Crippen LogP contribution in [0.3, 0.4) is 0 Å². The second-order valence-corrected chi connectivity index (χ2v) is 6.96. The Morgan fingerprint density at radius 2 is 1.89 bits per heavy atom. The largest absolute Gasteiger partial charge is 0.471 e. The monoisotopic (exact) mass is 404 g/mol. The van der Waals surface area contributed by atoms with Crippen LogP contribution in [0.4, 0.5) is 0 Å². The van der Waals surface area contributed by atoms with E-state index < -0.39 is 73.6 Å². The Bertz CT molecular complexity index is 647. The molecule has 2 aliphatic heterocycles. The fourth-order valence-corrected chi connectivity index (χ4v) is 3.71. The van der Waals surface area contributed by atoms with Crippen molar-refractivity contribution in [3.63, 3.8) is 0 Å². The first-order valence-corrected chi connectivity index (χ1v) is 8.69. The van der Waals surface area contributed by atoms with Gasteiger partial charge in [-0.25, -0.2) is 4.79 Å². The van der Waals surface area contributed by atoms with Gasteiger partial charge in [0.15, 0.2) is 6.29 Å². The zero-order chi connectivity index (χ0) is 20.6. The van der Waals surface area contributed by atoms with Crippen LogP contribution in [-0.2, 0) is 23.7 Å². The van der Waals surface area contributed by atoms with Gasteiger partial charge < -0.3 is 49.6 Å². The van der Waals surface area contributed by atoms with Gasteiger partial charge in [0.25, 0.3) is 0 Å². The van der Waals surface area contributed by atoms with Gasteiger partial charge in [-0.3, -0.25) is 0 Å². The SMILES string of the molecule is COC(=O)C1=CO[C@@H](O[C@@H]2O[C@H](CO)[C@@H](O)[C@H](O)[C@H]2O)C2C1C=C[C@@]2(O)CO. The fraction of sp³-hybridized carbons (Fsp3) is 0.706. The molecule has 1 aliphatic carbocycles. The molecule has 3 rings (SSSR count). The minimum atomic E-state index is -1.79. The normalized spacial score (nSPS) is 45.2. The number of carbonyl (C=O) groups is 1. The lowest BCUT2D eigenvalue weighted by Gasteiger charge is -2.44. The number of hydrogen-bond donors (Lipinski definition) is 6. The maximum atomic E-state index is 12.0. The number of carbonyl (C=O) groups excluding carboxylic acids is 1. The predicted octanol–water partition coefficient (Wildman–Crippen LogP) is -3.26. The molecule has 1 saturated heterocycles. The van der Waals surface area contributed by atoms with Crippen molar-refractivity contribution >= 4 is 5.97 Å². The quantitative estimate of drug-likeness (QED) is 0.200. The lowest BCUT2D eigenvalue weighted by atomic mass is 9.79. The van der Waals surface area contributed by atoms with E-state index >= 15 is 0 Å². The van der Waals surface area contributed by atoms with E-state index in [1.807, 2.05) is 0 Å². The zero-order valence-corrected chi connectivity index (χ0v) is 15.0. The summed E-state index contributed by atoms with van der Waals surface area (Å²) in [5, 5.41) is 59.5. The van der Waals surface area contributed by atoms with Gasteiger partial charge in [-0.05, 0) is 0 Å². The van der Waals surface area contributed by atoms with Crippen molar-refractivity contribution in [1.82, 2.24) is 0 Å². The van der Waals surface area contributed by atoms with Crippen molar-refractivity contribution < 1.29 is 54.4 Å². The van der Waals surface area contributed by atoms with Crippen molar-refractivity contribution in [2.45, 2.75) is 42.6 Å². The van der Waals surface area contributed by atoms with E-state index in [9.17, 15) is 35.4 Å². The highest BCUT2D eigenvalue weighted by molar-refractivity contribution is 5.89. The highest BCUT2D eigenvalue weighted by Gasteiger charge is 2.55. The summed E-state index contributed by atoms with van der Waals surface area (Å²) in [5.74, 6) is -2.40. The van der Waals surface area contributed by atoms with Gasteiger partial charge in [-0.15, -0.1) is 0 Å². The van der Waals surface area contributed by atoms with Crippen LogP contribution >= 0.6 is 0 Å². The van der Waals surface area contributed by atoms with Gasteiger partial charge >= 0.3 is 5.97 Å². The number of esters is 1. The van der Waals surface area contributed by atoms with Gasteiger partial charge in [0.05, 0.1) is 38.1 Å². The molecule has 0 radical (unpaired) electrons. The third kappa shape index (κ3) is 3.44. The molecular formula is C17H24O11. The first kappa shape index (κ1) is 21.1. The molecule has 9 atom stereocenters. The number of rotatable bonds is 5. The van der Waals surface area contributed by atoms with Gasteiger partial charge in [-0.1, -0.05) is 12.2 Å². The predicted molar refractivity (Wildman–Crippen MR) is 88.0 cm³/mol. The molecule has 0 aromatic heterocycles. The van der Waals surface area contributed by atoms with Crippen molar-refractivity contribution in [3.05, 3.63) is 24.0 Å². The summed E-state index contributed by atoms with van der Waals surface area (Å²) in [4.78, 5) is 12.0. The highest BCUT2D eigenvalue weighted by Crippen LogP contribution is 2.45. The van der Waals surface area contributed by atoms with Crippen LogP contribution in [0.1, 0.15) is 0 Å². The second kappa shape index (κ2) is 8.05. The van der Waals surface area contributed by atoms with E-state index in [-0.39, 0.29) is 5.57 Å². The van der Waals surface area contributed by atoms with Crippen LogP contribution in [0, 0.1) is 11.8 Å². The third-order valence-corrected chi connectivity index (χ3v) is 5.33. The van der Waals surface area contributed by atoms with E-state index in [2.05, 4.69) is 0 Å². The van der Waals surface area contributed by atoms with E-state index in [4.69, 9.17) is 18.9 Å². The fourth-order valence-electron chi connectivity index (χ4n) is 3.71. The summed E-state index contributed by atoms with van der Waals surface area (Å²) in [6.07, 6.45) is -4.99. The molecule has 158 valence electrons. The maximum absolute atomic E-state index is 12.0. The number of aliphatic hydroxyl groups is 6. The maximum Gasteiger partial charge on any atom is 0.337 e. The van der Waals surface area contributed by atoms with E-state index in [1.165, 1.54) is 19.3 Å².